The normalized spacial score (nSPS) is 19.1. The average molecular weight is 317 g/mol. The second-order valence-corrected chi connectivity index (χ2v) is 5.49. The van der Waals surface area contributed by atoms with E-state index in [1.165, 1.54) is 4.90 Å². The van der Waals surface area contributed by atoms with Crippen LogP contribution in [0.5, 0.6) is 0 Å². The van der Waals surface area contributed by atoms with Gasteiger partial charge in [-0.15, -0.1) is 0 Å². The molecule has 2 rings (SSSR count). The number of carbonyl (C=O) groups is 1. The molecule has 0 aromatic carbocycles. The van der Waals surface area contributed by atoms with E-state index in [1.807, 2.05) is 0 Å². The molecule has 2 heterocycles. The second-order valence-electron chi connectivity index (χ2n) is 5.49. The summed E-state index contributed by atoms with van der Waals surface area (Å²) in [5, 5.41) is 0. The number of carbonyl (C=O) groups excluding carboxylic acids is 1. The van der Waals surface area contributed by atoms with Crippen LogP contribution in [0.25, 0.3) is 0 Å². The smallest absolute Gasteiger partial charge is 0.369 e. The van der Waals surface area contributed by atoms with Gasteiger partial charge in [0.05, 0.1) is 5.92 Å². The predicted molar refractivity (Wildman–Crippen MR) is 75.5 cm³/mol. The maximum Gasteiger partial charge on any atom is 0.433 e. The maximum atomic E-state index is 13.0. The Kier molecular flexibility index (Phi) is 4.43. The van der Waals surface area contributed by atoms with Gasteiger partial charge >= 0.3 is 6.18 Å². The zero-order valence-corrected chi connectivity index (χ0v) is 12.4. The Morgan fingerprint density at radius 3 is 2.64 bits per heavy atom. The molecule has 22 heavy (non-hydrogen) atoms. The Morgan fingerprint density at radius 1 is 1.41 bits per heavy atom. The molecule has 1 aliphatic rings. The lowest BCUT2D eigenvalue weighted by Crippen LogP contribution is -2.42. The van der Waals surface area contributed by atoms with Crippen molar-refractivity contribution < 1.29 is 18.0 Å². The number of primary amides is 1. The molecule has 0 radical (unpaired) electrons. The van der Waals surface area contributed by atoms with Gasteiger partial charge in [-0.2, -0.15) is 18.2 Å². The molecule has 1 unspecified atom stereocenters. The Morgan fingerprint density at radius 2 is 2.09 bits per heavy atom. The molecule has 1 atom stereocenters. The van der Waals surface area contributed by atoms with E-state index in [9.17, 15) is 18.0 Å². The number of anilines is 2. The Labute approximate surface area is 126 Å². The molecular formula is C13H18F3N5O. The van der Waals surface area contributed by atoms with Crippen molar-refractivity contribution in [2.75, 3.05) is 37.0 Å². The number of aromatic nitrogens is 2. The fourth-order valence-corrected chi connectivity index (χ4v) is 2.33. The number of piperidine rings is 1. The topological polar surface area (TPSA) is 75.3 Å². The number of rotatable bonds is 3. The van der Waals surface area contributed by atoms with Gasteiger partial charge < -0.3 is 15.5 Å². The van der Waals surface area contributed by atoms with Crippen molar-refractivity contribution in [3.8, 4) is 0 Å². The largest absolute Gasteiger partial charge is 0.433 e. The second kappa shape index (κ2) is 5.98. The van der Waals surface area contributed by atoms with Crippen molar-refractivity contribution in [1.29, 1.82) is 0 Å². The molecule has 122 valence electrons. The standard InChI is InChI=1S/C13H18F3N5O/c1-20(2)10-6-9(13(14,15)16)18-12(19-10)21-5-3-4-8(7-21)11(17)22/h6,8H,3-5,7H2,1-2H3,(H2,17,22). The Hall–Kier alpha value is -2.06. The van der Waals surface area contributed by atoms with Gasteiger partial charge in [-0.3, -0.25) is 4.79 Å². The molecule has 1 aromatic rings. The van der Waals surface area contributed by atoms with Crippen molar-refractivity contribution in [3.05, 3.63) is 11.8 Å². The van der Waals surface area contributed by atoms with Crippen LogP contribution in [0.3, 0.4) is 0 Å². The zero-order valence-electron chi connectivity index (χ0n) is 12.4. The highest BCUT2D eigenvalue weighted by Gasteiger charge is 2.35. The van der Waals surface area contributed by atoms with Crippen LogP contribution in [0.15, 0.2) is 6.07 Å². The van der Waals surface area contributed by atoms with Crippen molar-refractivity contribution >= 4 is 17.7 Å². The number of halogens is 3. The first kappa shape index (κ1) is 16.3. The summed E-state index contributed by atoms with van der Waals surface area (Å²) < 4.78 is 38.9. The van der Waals surface area contributed by atoms with Crippen molar-refractivity contribution in [1.82, 2.24) is 9.97 Å². The van der Waals surface area contributed by atoms with Crippen LogP contribution in [0.4, 0.5) is 24.9 Å². The van der Waals surface area contributed by atoms with Crippen LogP contribution < -0.4 is 15.5 Å². The Balaban J connectivity index is 2.37. The number of hydrogen-bond donors (Lipinski definition) is 1. The lowest BCUT2D eigenvalue weighted by molar-refractivity contribution is -0.141. The number of nitrogens with two attached hydrogens (primary N) is 1. The third-order valence-corrected chi connectivity index (χ3v) is 3.56. The van der Waals surface area contributed by atoms with Crippen LogP contribution in [-0.2, 0) is 11.0 Å². The maximum absolute atomic E-state index is 13.0. The van der Waals surface area contributed by atoms with Crippen molar-refractivity contribution in [2.45, 2.75) is 19.0 Å². The lowest BCUT2D eigenvalue weighted by Gasteiger charge is -2.32. The lowest BCUT2D eigenvalue weighted by atomic mass is 9.98. The molecule has 0 spiro atoms. The molecule has 0 aliphatic carbocycles. The van der Waals surface area contributed by atoms with E-state index in [4.69, 9.17) is 5.73 Å². The minimum absolute atomic E-state index is 0.0236. The average Bonchev–Trinajstić information content (AvgIpc) is 2.46. The van der Waals surface area contributed by atoms with E-state index in [2.05, 4.69) is 9.97 Å². The number of alkyl halides is 3. The van der Waals surface area contributed by atoms with Crippen molar-refractivity contribution in [3.63, 3.8) is 0 Å². The number of nitrogens with zero attached hydrogens (tertiary/aromatic N) is 4. The van der Waals surface area contributed by atoms with Gasteiger partial charge in [0, 0.05) is 33.3 Å². The van der Waals surface area contributed by atoms with Gasteiger partial charge in [0.15, 0.2) is 5.69 Å². The first-order valence-electron chi connectivity index (χ1n) is 6.86. The number of amides is 1. The molecule has 1 aliphatic heterocycles. The fraction of sp³-hybridized carbons (Fsp3) is 0.615. The van der Waals surface area contributed by atoms with E-state index in [1.54, 1.807) is 19.0 Å². The van der Waals surface area contributed by atoms with E-state index < -0.39 is 23.7 Å². The first-order chi connectivity index (χ1) is 10.2. The summed E-state index contributed by atoms with van der Waals surface area (Å²) in [6.45, 7) is 0.738. The summed E-state index contributed by atoms with van der Waals surface area (Å²) in [6.07, 6.45) is -3.27. The highest BCUT2D eigenvalue weighted by atomic mass is 19.4. The summed E-state index contributed by atoms with van der Waals surface area (Å²) in [7, 11) is 3.21. The number of hydrogen-bond acceptors (Lipinski definition) is 5. The van der Waals surface area contributed by atoms with Gasteiger partial charge in [-0.25, -0.2) is 4.98 Å². The van der Waals surface area contributed by atoms with Crippen LogP contribution in [0.1, 0.15) is 18.5 Å². The summed E-state index contributed by atoms with van der Waals surface area (Å²) in [5.74, 6) is -0.706. The summed E-state index contributed by atoms with van der Waals surface area (Å²) in [5.41, 5.74) is 4.29. The molecule has 1 saturated heterocycles. The Bertz CT molecular complexity index is 561. The molecular weight excluding hydrogens is 299 g/mol. The molecule has 1 amide bonds. The molecule has 9 heteroatoms. The third-order valence-electron chi connectivity index (χ3n) is 3.56. The summed E-state index contributed by atoms with van der Waals surface area (Å²) in [6, 6.07) is 0.902. The quantitative estimate of drug-likeness (QED) is 0.908. The summed E-state index contributed by atoms with van der Waals surface area (Å²) >= 11 is 0. The fourth-order valence-electron chi connectivity index (χ4n) is 2.33. The monoisotopic (exact) mass is 317 g/mol. The van der Waals surface area contributed by atoms with Crippen LogP contribution >= 0.6 is 0 Å². The predicted octanol–water partition coefficient (Wildman–Crippen LogP) is 1.26. The SMILES string of the molecule is CN(C)c1cc(C(F)(F)F)nc(N2CCCC(C(N)=O)C2)n1. The molecule has 0 saturated carbocycles. The van der Waals surface area contributed by atoms with E-state index in [0.29, 0.717) is 19.4 Å². The van der Waals surface area contributed by atoms with Gasteiger partial charge in [-0.05, 0) is 12.8 Å². The van der Waals surface area contributed by atoms with Crippen LogP contribution in [-0.4, -0.2) is 43.1 Å². The van der Waals surface area contributed by atoms with Crippen LogP contribution in [0.2, 0.25) is 0 Å². The van der Waals surface area contributed by atoms with E-state index >= 15 is 0 Å². The zero-order chi connectivity index (χ0) is 16.5. The minimum Gasteiger partial charge on any atom is -0.369 e. The first-order valence-corrected chi connectivity index (χ1v) is 6.86. The van der Waals surface area contributed by atoms with E-state index in [-0.39, 0.29) is 18.3 Å². The molecule has 2 N–H and O–H groups in total. The molecule has 1 fully saturated rings. The van der Waals surface area contributed by atoms with Gasteiger partial charge in [-0.1, -0.05) is 0 Å². The van der Waals surface area contributed by atoms with Gasteiger partial charge in [0.2, 0.25) is 11.9 Å². The summed E-state index contributed by atoms with van der Waals surface area (Å²) in [4.78, 5) is 22.1. The van der Waals surface area contributed by atoms with Gasteiger partial charge in [0.25, 0.3) is 0 Å². The third kappa shape index (κ3) is 3.58. The van der Waals surface area contributed by atoms with E-state index in [0.717, 1.165) is 6.07 Å². The van der Waals surface area contributed by atoms with Gasteiger partial charge in [0.1, 0.15) is 5.82 Å². The van der Waals surface area contributed by atoms with Crippen LogP contribution in [0, 0.1) is 5.92 Å². The highest BCUT2D eigenvalue weighted by Crippen LogP contribution is 2.31. The molecule has 0 bridgehead atoms. The van der Waals surface area contributed by atoms with Crippen molar-refractivity contribution in [2.24, 2.45) is 11.7 Å². The minimum atomic E-state index is -4.55. The highest BCUT2D eigenvalue weighted by molar-refractivity contribution is 5.77. The molecule has 1 aromatic heterocycles. The molecule has 6 nitrogen and oxygen atoms in total.